The van der Waals surface area contributed by atoms with Gasteiger partial charge in [-0.15, -0.1) is 0 Å². The van der Waals surface area contributed by atoms with Crippen LogP contribution in [0, 0.1) is 0 Å². The fourth-order valence-electron chi connectivity index (χ4n) is 2.19. The zero-order chi connectivity index (χ0) is 10.9. The number of benzene rings is 1. The van der Waals surface area contributed by atoms with Crippen molar-refractivity contribution in [2.45, 2.75) is 45.1 Å². The van der Waals surface area contributed by atoms with Crippen molar-refractivity contribution in [3.8, 4) is 0 Å². The van der Waals surface area contributed by atoms with Gasteiger partial charge in [-0.3, -0.25) is 0 Å². The van der Waals surface area contributed by atoms with E-state index in [1.807, 2.05) is 0 Å². The van der Waals surface area contributed by atoms with Gasteiger partial charge in [-0.05, 0) is 35.9 Å². The second-order valence-electron chi connectivity index (χ2n) is 5.52. The Morgan fingerprint density at radius 3 is 2.67 bits per heavy atom. The molecule has 1 aromatic carbocycles. The molecule has 0 unspecified atom stereocenters. The molecule has 2 rings (SSSR count). The van der Waals surface area contributed by atoms with E-state index in [0.717, 1.165) is 0 Å². The first-order valence-corrected chi connectivity index (χ1v) is 5.91. The van der Waals surface area contributed by atoms with Crippen molar-refractivity contribution in [2.75, 3.05) is 6.54 Å². The molecule has 1 aliphatic rings. The molecule has 1 atom stereocenters. The molecular weight excluding hydrogens is 182 g/mol. The van der Waals surface area contributed by atoms with Gasteiger partial charge in [0.1, 0.15) is 0 Å². The lowest BCUT2D eigenvalue weighted by Gasteiger charge is -2.21. The molecule has 1 nitrogen and oxygen atoms in total. The van der Waals surface area contributed by atoms with E-state index in [0.29, 0.717) is 6.04 Å². The molecule has 0 aromatic heterocycles. The van der Waals surface area contributed by atoms with Crippen molar-refractivity contribution >= 4 is 0 Å². The molecule has 1 saturated heterocycles. The van der Waals surface area contributed by atoms with Gasteiger partial charge >= 0.3 is 0 Å². The van der Waals surface area contributed by atoms with Gasteiger partial charge in [0.05, 0.1) is 0 Å². The lowest BCUT2D eigenvalue weighted by molar-refractivity contribution is 0.584. The summed E-state index contributed by atoms with van der Waals surface area (Å²) in [7, 11) is 0. The molecule has 82 valence electrons. The monoisotopic (exact) mass is 203 g/mol. The standard InChI is InChI=1S/C14H21N/c1-14(2,3)12-7-4-6-11(10-12)13-8-5-9-15-13/h4,6-7,10,13,15H,5,8-9H2,1-3H3/t13-/m0/s1. The molecule has 1 N–H and O–H groups in total. The van der Waals surface area contributed by atoms with E-state index in [9.17, 15) is 0 Å². The van der Waals surface area contributed by atoms with Gasteiger partial charge in [-0.1, -0.05) is 45.0 Å². The van der Waals surface area contributed by atoms with Gasteiger partial charge < -0.3 is 5.32 Å². The summed E-state index contributed by atoms with van der Waals surface area (Å²) >= 11 is 0. The summed E-state index contributed by atoms with van der Waals surface area (Å²) in [5.74, 6) is 0. The SMILES string of the molecule is CC(C)(C)c1cccc([C@@H]2CCCN2)c1. The Labute approximate surface area is 92.9 Å². The average Bonchev–Trinajstić information content (AvgIpc) is 2.69. The molecule has 0 saturated carbocycles. The van der Waals surface area contributed by atoms with Gasteiger partial charge in [-0.2, -0.15) is 0 Å². The first-order chi connectivity index (χ1) is 7.07. The Kier molecular flexibility index (Phi) is 2.83. The second kappa shape index (κ2) is 3.97. The van der Waals surface area contributed by atoms with E-state index in [1.165, 1.54) is 30.5 Å². The minimum absolute atomic E-state index is 0.259. The van der Waals surface area contributed by atoms with Crippen LogP contribution in [0.1, 0.15) is 50.8 Å². The molecule has 1 aliphatic heterocycles. The maximum Gasteiger partial charge on any atom is 0.0320 e. The Balaban J connectivity index is 2.26. The Bertz CT molecular complexity index is 329. The molecule has 0 bridgehead atoms. The number of hydrogen-bond acceptors (Lipinski definition) is 1. The highest BCUT2D eigenvalue weighted by atomic mass is 14.9. The highest BCUT2D eigenvalue weighted by Gasteiger charge is 2.19. The molecule has 1 fully saturated rings. The van der Waals surface area contributed by atoms with Crippen LogP contribution in [0.25, 0.3) is 0 Å². The van der Waals surface area contributed by atoms with E-state index >= 15 is 0 Å². The Morgan fingerprint density at radius 1 is 1.27 bits per heavy atom. The zero-order valence-corrected chi connectivity index (χ0v) is 10.0. The van der Waals surface area contributed by atoms with Crippen molar-refractivity contribution in [2.24, 2.45) is 0 Å². The molecule has 0 amide bonds. The van der Waals surface area contributed by atoms with Crippen molar-refractivity contribution in [1.29, 1.82) is 0 Å². The molecule has 0 aliphatic carbocycles. The second-order valence-corrected chi connectivity index (χ2v) is 5.52. The van der Waals surface area contributed by atoms with Crippen LogP contribution in [0.5, 0.6) is 0 Å². The predicted octanol–water partition coefficient (Wildman–Crippen LogP) is 3.41. The average molecular weight is 203 g/mol. The van der Waals surface area contributed by atoms with Crippen LogP contribution in [-0.4, -0.2) is 6.54 Å². The molecule has 0 spiro atoms. The van der Waals surface area contributed by atoms with Crippen molar-refractivity contribution in [3.05, 3.63) is 35.4 Å². The Morgan fingerprint density at radius 2 is 2.07 bits per heavy atom. The smallest absolute Gasteiger partial charge is 0.0320 e. The third kappa shape index (κ3) is 2.40. The quantitative estimate of drug-likeness (QED) is 0.737. The summed E-state index contributed by atoms with van der Waals surface area (Å²) in [5, 5.41) is 3.55. The lowest BCUT2D eigenvalue weighted by atomic mass is 9.85. The van der Waals surface area contributed by atoms with E-state index in [-0.39, 0.29) is 5.41 Å². The first kappa shape index (κ1) is 10.7. The van der Waals surface area contributed by atoms with Crippen LogP contribution in [-0.2, 0) is 5.41 Å². The molecule has 1 heteroatoms. The molecule has 0 radical (unpaired) electrons. The van der Waals surface area contributed by atoms with Gasteiger partial charge in [0.25, 0.3) is 0 Å². The minimum atomic E-state index is 0.259. The summed E-state index contributed by atoms with van der Waals surface area (Å²) < 4.78 is 0. The van der Waals surface area contributed by atoms with Crippen LogP contribution in [0.15, 0.2) is 24.3 Å². The largest absolute Gasteiger partial charge is 0.310 e. The Hall–Kier alpha value is -0.820. The maximum atomic E-state index is 3.55. The fourth-order valence-corrected chi connectivity index (χ4v) is 2.19. The topological polar surface area (TPSA) is 12.0 Å². The van der Waals surface area contributed by atoms with Crippen LogP contribution >= 0.6 is 0 Å². The summed E-state index contributed by atoms with van der Waals surface area (Å²) in [5.41, 5.74) is 3.16. The fraction of sp³-hybridized carbons (Fsp3) is 0.571. The normalized spacial score (nSPS) is 21.9. The molecule has 15 heavy (non-hydrogen) atoms. The van der Waals surface area contributed by atoms with E-state index in [2.05, 4.69) is 50.4 Å². The number of nitrogens with one attached hydrogen (secondary N) is 1. The minimum Gasteiger partial charge on any atom is -0.310 e. The number of hydrogen-bond donors (Lipinski definition) is 1. The van der Waals surface area contributed by atoms with Gasteiger partial charge in [0.15, 0.2) is 0 Å². The van der Waals surface area contributed by atoms with Crippen LogP contribution in [0.2, 0.25) is 0 Å². The van der Waals surface area contributed by atoms with E-state index < -0.39 is 0 Å². The van der Waals surface area contributed by atoms with Crippen LogP contribution in [0.3, 0.4) is 0 Å². The van der Waals surface area contributed by atoms with Crippen LogP contribution in [0.4, 0.5) is 0 Å². The van der Waals surface area contributed by atoms with Crippen molar-refractivity contribution in [1.82, 2.24) is 5.32 Å². The maximum absolute atomic E-state index is 3.55. The van der Waals surface area contributed by atoms with Crippen molar-refractivity contribution in [3.63, 3.8) is 0 Å². The summed E-state index contributed by atoms with van der Waals surface area (Å²) in [6.45, 7) is 7.99. The summed E-state index contributed by atoms with van der Waals surface area (Å²) in [6, 6.07) is 9.63. The van der Waals surface area contributed by atoms with Gasteiger partial charge in [-0.25, -0.2) is 0 Å². The summed E-state index contributed by atoms with van der Waals surface area (Å²) in [4.78, 5) is 0. The summed E-state index contributed by atoms with van der Waals surface area (Å²) in [6.07, 6.45) is 2.60. The lowest BCUT2D eigenvalue weighted by Crippen LogP contribution is -2.15. The molecular formula is C14H21N. The highest BCUT2D eigenvalue weighted by molar-refractivity contribution is 5.30. The molecule has 1 heterocycles. The number of rotatable bonds is 1. The third-order valence-corrected chi connectivity index (χ3v) is 3.22. The van der Waals surface area contributed by atoms with Crippen LogP contribution < -0.4 is 5.32 Å². The highest BCUT2D eigenvalue weighted by Crippen LogP contribution is 2.28. The molecule has 1 aromatic rings. The third-order valence-electron chi connectivity index (χ3n) is 3.22. The van der Waals surface area contributed by atoms with Gasteiger partial charge in [0, 0.05) is 6.04 Å². The van der Waals surface area contributed by atoms with Crippen molar-refractivity contribution < 1.29 is 0 Å². The van der Waals surface area contributed by atoms with E-state index in [4.69, 9.17) is 0 Å². The van der Waals surface area contributed by atoms with E-state index in [1.54, 1.807) is 0 Å². The zero-order valence-electron chi connectivity index (χ0n) is 10.0. The van der Waals surface area contributed by atoms with Gasteiger partial charge in [0.2, 0.25) is 0 Å². The predicted molar refractivity (Wildman–Crippen MR) is 65.1 cm³/mol. The first-order valence-electron chi connectivity index (χ1n) is 5.91.